The van der Waals surface area contributed by atoms with Crippen LogP contribution >= 0.6 is 0 Å². The van der Waals surface area contributed by atoms with E-state index in [9.17, 15) is 4.79 Å². The van der Waals surface area contributed by atoms with Crippen LogP contribution in [0, 0.1) is 0 Å². The molecule has 0 unspecified atom stereocenters. The van der Waals surface area contributed by atoms with Crippen LogP contribution in [0.25, 0.3) is 11.3 Å². The number of amides is 1. The third-order valence-corrected chi connectivity index (χ3v) is 5.00. The number of hydrogen-bond acceptors (Lipinski definition) is 3. The van der Waals surface area contributed by atoms with Gasteiger partial charge in [0.2, 0.25) is 0 Å². The zero-order valence-electron chi connectivity index (χ0n) is 15.4. The SMILES string of the molecule is C[C@H](c1ccc(-c2cccc(C(=O)N(C)C)n2)cc1)N1CCCCC1. The Labute approximate surface area is 150 Å². The molecule has 1 aromatic carbocycles. The quantitative estimate of drug-likeness (QED) is 0.846. The molecule has 0 N–H and O–H groups in total. The molecule has 1 amide bonds. The number of nitrogens with zero attached hydrogens (tertiary/aromatic N) is 3. The Morgan fingerprint density at radius 3 is 2.36 bits per heavy atom. The van der Waals surface area contributed by atoms with Crippen molar-refractivity contribution < 1.29 is 4.79 Å². The molecule has 1 aliphatic rings. The normalized spacial score (nSPS) is 16.4. The lowest BCUT2D eigenvalue weighted by Gasteiger charge is -2.32. The van der Waals surface area contributed by atoms with E-state index in [1.165, 1.54) is 37.9 Å². The summed E-state index contributed by atoms with van der Waals surface area (Å²) in [7, 11) is 3.49. The van der Waals surface area contributed by atoms with Crippen molar-refractivity contribution in [3.8, 4) is 11.3 Å². The van der Waals surface area contributed by atoms with E-state index < -0.39 is 0 Å². The molecule has 1 aliphatic heterocycles. The van der Waals surface area contributed by atoms with Gasteiger partial charge in [0.25, 0.3) is 5.91 Å². The van der Waals surface area contributed by atoms with Crippen LogP contribution in [-0.4, -0.2) is 47.9 Å². The molecular weight excluding hydrogens is 310 g/mol. The average molecular weight is 337 g/mol. The molecule has 132 valence electrons. The molecular formula is C21H27N3O. The van der Waals surface area contributed by atoms with E-state index in [1.807, 2.05) is 12.1 Å². The van der Waals surface area contributed by atoms with Gasteiger partial charge in [0.1, 0.15) is 5.69 Å². The maximum Gasteiger partial charge on any atom is 0.271 e. The molecule has 1 saturated heterocycles. The fraction of sp³-hybridized carbons (Fsp3) is 0.429. The highest BCUT2D eigenvalue weighted by Crippen LogP contribution is 2.26. The van der Waals surface area contributed by atoms with E-state index >= 15 is 0 Å². The molecule has 3 rings (SSSR count). The summed E-state index contributed by atoms with van der Waals surface area (Å²) in [4.78, 5) is 20.7. The van der Waals surface area contributed by atoms with Crippen molar-refractivity contribution in [2.75, 3.05) is 27.2 Å². The van der Waals surface area contributed by atoms with Crippen LogP contribution in [0.5, 0.6) is 0 Å². The molecule has 1 aromatic heterocycles. The van der Waals surface area contributed by atoms with E-state index in [2.05, 4.69) is 41.1 Å². The summed E-state index contributed by atoms with van der Waals surface area (Å²) in [5.41, 5.74) is 3.70. The van der Waals surface area contributed by atoms with Crippen LogP contribution in [0.15, 0.2) is 42.5 Å². The molecule has 25 heavy (non-hydrogen) atoms. The van der Waals surface area contributed by atoms with Gasteiger partial charge in [-0.1, -0.05) is 36.8 Å². The molecule has 2 heterocycles. The summed E-state index contributed by atoms with van der Waals surface area (Å²) in [6.45, 7) is 4.67. The highest BCUT2D eigenvalue weighted by molar-refractivity contribution is 5.92. The first-order valence-corrected chi connectivity index (χ1v) is 9.09. The highest BCUT2D eigenvalue weighted by atomic mass is 16.2. The summed E-state index contributed by atoms with van der Waals surface area (Å²) in [5.74, 6) is -0.0720. The van der Waals surface area contributed by atoms with Crippen molar-refractivity contribution in [3.05, 3.63) is 53.7 Å². The first-order valence-electron chi connectivity index (χ1n) is 9.09. The number of carbonyl (C=O) groups is 1. The zero-order chi connectivity index (χ0) is 17.8. The lowest BCUT2D eigenvalue weighted by molar-refractivity contribution is 0.0822. The standard InChI is InChI=1S/C21H27N3O/c1-16(24-14-5-4-6-15-24)17-10-12-18(13-11-17)19-8-7-9-20(22-19)21(25)23(2)3/h7-13,16H,4-6,14-15H2,1-3H3/t16-/m1/s1. The first kappa shape index (κ1) is 17.6. The molecule has 4 heteroatoms. The Morgan fingerprint density at radius 1 is 1.04 bits per heavy atom. The molecule has 1 atom stereocenters. The van der Waals surface area contributed by atoms with Crippen LogP contribution in [-0.2, 0) is 0 Å². The molecule has 1 fully saturated rings. The maximum atomic E-state index is 12.1. The fourth-order valence-electron chi connectivity index (χ4n) is 3.39. The van der Waals surface area contributed by atoms with Gasteiger partial charge in [-0.2, -0.15) is 0 Å². The summed E-state index contributed by atoms with van der Waals surface area (Å²) in [6, 6.07) is 14.7. The first-order chi connectivity index (χ1) is 12.1. The average Bonchev–Trinajstić information content (AvgIpc) is 2.67. The number of benzene rings is 1. The largest absolute Gasteiger partial charge is 0.343 e. The summed E-state index contributed by atoms with van der Waals surface area (Å²) >= 11 is 0. The third kappa shape index (κ3) is 4.07. The van der Waals surface area contributed by atoms with Crippen molar-refractivity contribution in [2.24, 2.45) is 0 Å². The van der Waals surface area contributed by atoms with Crippen LogP contribution in [0.1, 0.15) is 48.3 Å². The van der Waals surface area contributed by atoms with Gasteiger partial charge in [0, 0.05) is 25.7 Å². The number of hydrogen-bond donors (Lipinski definition) is 0. The second kappa shape index (κ2) is 7.79. The van der Waals surface area contributed by atoms with E-state index in [0.717, 1.165) is 11.3 Å². The summed E-state index contributed by atoms with van der Waals surface area (Å²) in [5, 5.41) is 0. The molecule has 0 radical (unpaired) electrons. The van der Waals surface area contributed by atoms with Crippen molar-refractivity contribution in [1.82, 2.24) is 14.8 Å². The van der Waals surface area contributed by atoms with Crippen LogP contribution in [0.4, 0.5) is 0 Å². The Hall–Kier alpha value is -2.20. The Kier molecular flexibility index (Phi) is 5.49. The molecule has 0 aliphatic carbocycles. The van der Waals surface area contributed by atoms with Crippen molar-refractivity contribution in [2.45, 2.75) is 32.2 Å². The molecule has 2 aromatic rings. The highest BCUT2D eigenvalue weighted by Gasteiger charge is 2.18. The van der Waals surface area contributed by atoms with Crippen LogP contribution < -0.4 is 0 Å². The number of rotatable bonds is 4. The predicted octanol–water partition coefficient (Wildman–Crippen LogP) is 4.00. The minimum atomic E-state index is -0.0720. The minimum Gasteiger partial charge on any atom is -0.343 e. The topological polar surface area (TPSA) is 36.4 Å². The van der Waals surface area contributed by atoms with Crippen molar-refractivity contribution in [1.29, 1.82) is 0 Å². The summed E-state index contributed by atoms with van der Waals surface area (Å²) in [6.07, 6.45) is 3.97. The fourth-order valence-corrected chi connectivity index (χ4v) is 3.39. The van der Waals surface area contributed by atoms with Crippen LogP contribution in [0.2, 0.25) is 0 Å². The van der Waals surface area contributed by atoms with E-state index in [1.54, 1.807) is 25.1 Å². The third-order valence-electron chi connectivity index (χ3n) is 5.00. The molecule has 0 spiro atoms. The maximum absolute atomic E-state index is 12.1. The van der Waals surface area contributed by atoms with Crippen molar-refractivity contribution in [3.63, 3.8) is 0 Å². The molecule has 0 saturated carbocycles. The number of piperidine rings is 1. The number of aromatic nitrogens is 1. The Morgan fingerprint density at radius 2 is 1.72 bits per heavy atom. The zero-order valence-corrected chi connectivity index (χ0v) is 15.4. The summed E-state index contributed by atoms with van der Waals surface area (Å²) < 4.78 is 0. The van der Waals surface area contributed by atoms with Gasteiger partial charge in [-0.15, -0.1) is 0 Å². The number of likely N-dealkylation sites (tertiary alicyclic amines) is 1. The molecule has 0 bridgehead atoms. The minimum absolute atomic E-state index is 0.0720. The van der Waals surface area contributed by atoms with Gasteiger partial charge < -0.3 is 4.90 Å². The van der Waals surface area contributed by atoms with Crippen LogP contribution in [0.3, 0.4) is 0 Å². The van der Waals surface area contributed by atoms with Gasteiger partial charge in [0.05, 0.1) is 5.69 Å². The van der Waals surface area contributed by atoms with Gasteiger partial charge in [-0.3, -0.25) is 9.69 Å². The number of pyridine rings is 1. The van der Waals surface area contributed by atoms with Gasteiger partial charge in [-0.05, 0) is 50.6 Å². The van der Waals surface area contributed by atoms with Gasteiger partial charge >= 0.3 is 0 Å². The van der Waals surface area contributed by atoms with E-state index in [0.29, 0.717) is 11.7 Å². The predicted molar refractivity (Wildman–Crippen MR) is 102 cm³/mol. The Bertz CT molecular complexity index is 718. The number of carbonyl (C=O) groups excluding carboxylic acids is 1. The monoisotopic (exact) mass is 337 g/mol. The second-order valence-electron chi connectivity index (χ2n) is 7.00. The Balaban J connectivity index is 1.78. The van der Waals surface area contributed by atoms with Gasteiger partial charge in [-0.25, -0.2) is 4.98 Å². The lowest BCUT2D eigenvalue weighted by atomic mass is 10.0. The second-order valence-corrected chi connectivity index (χ2v) is 7.00. The van der Waals surface area contributed by atoms with E-state index in [-0.39, 0.29) is 5.91 Å². The van der Waals surface area contributed by atoms with E-state index in [4.69, 9.17) is 0 Å². The van der Waals surface area contributed by atoms with Crippen molar-refractivity contribution >= 4 is 5.91 Å². The smallest absolute Gasteiger partial charge is 0.271 e. The lowest BCUT2D eigenvalue weighted by Crippen LogP contribution is -2.32. The molecule has 4 nitrogen and oxygen atoms in total. The van der Waals surface area contributed by atoms with Gasteiger partial charge in [0.15, 0.2) is 0 Å².